The molecule has 0 spiro atoms. The van der Waals surface area contributed by atoms with Gasteiger partial charge in [-0.25, -0.2) is 4.79 Å². The minimum Gasteiger partial charge on any atom is -0.452 e. The lowest BCUT2D eigenvalue weighted by molar-refractivity contribution is -0.124. The maximum Gasteiger partial charge on any atom is 0.339 e. The molecule has 7 nitrogen and oxygen atoms in total. The lowest BCUT2D eigenvalue weighted by atomic mass is 10.2. The number of Topliss-reactive ketones (excluding diaryl/α,β-unsaturated/α-hetero) is 1. The molecular formula is C20H18N2O5S. The number of hydrogen-bond acceptors (Lipinski definition) is 6. The van der Waals surface area contributed by atoms with Gasteiger partial charge in [-0.15, -0.1) is 11.8 Å². The zero-order chi connectivity index (χ0) is 20.1. The summed E-state index contributed by atoms with van der Waals surface area (Å²) in [4.78, 5) is 49.9. The number of benzene rings is 2. The molecule has 2 aromatic rings. The summed E-state index contributed by atoms with van der Waals surface area (Å²) in [6.45, 7) is 0.837. The number of ether oxygens (including phenoxy) is 1. The van der Waals surface area contributed by atoms with Gasteiger partial charge in [0.05, 0.1) is 22.7 Å². The van der Waals surface area contributed by atoms with Crippen LogP contribution in [0.5, 0.6) is 0 Å². The van der Waals surface area contributed by atoms with E-state index in [0.717, 1.165) is 0 Å². The summed E-state index contributed by atoms with van der Waals surface area (Å²) in [5.41, 5.74) is 1.38. The molecule has 1 aliphatic rings. The topological polar surface area (TPSA) is 92.8 Å². The van der Waals surface area contributed by atoms with Gasteiger partial charge < -0.3 is 10.1 Å². The fourth-order valence-corrected chi connectivity index (χ4v) is 3.52. The third-order valence-corrected chi connectivity index (χ3v) is 5.15. The maximum atomic E-state index is 12.6. The molecule has 2 amide bonds. The van der Waals surface area contributed by atoms with Crippen LogP contribution in [0.1, 0.15) is 17.3 Å². The van der Waals surface area contributed by atoms with Crippen LogP contribution in [0.25, 0.3) is 0 Å². The predicted molar refractivity (Wildman–Crippen MR) is 106 cm³/mol. The lowest BCUT2D eigenvalue weighted by Crippen LogP contribution is -2.44. The van der Waals surface area contributed by atoms with Crippen LogP contribution in [-0.2, 0) is 19.1 Å². The van der Waals surface area contributed by atoms with Gasteiger partial charge in [-0.05, 0) is 31.2 Å². The molecule has 0 aliphatic carbocycles. The van der Waals surface area contributed by atoms with Crippen molar-refractivity contribution in [2.45, 2.75) is 11.8 Å². The van der Waals surface area contributed by atoms with E-state index >= 15 is 0 Å². The van der Waals surface area contributed by atoms with E-state index in [1.54, 1.807) is 48.5 Å². The monoisotopic (exact) mass is 398 g/mol. The highest BCUT2D eigenvalue weighted by molar-refractivity contribution is 8.00. The number of thioether (sulfide) groups is 1. The Morgan fingerprint density at radius 1 is 1.11 bits per heavy atom. The van der Waals surface area contributed by atoms with E-state index in [0.29, 0.717) is 21.8 Å². The number of nitrogens with zero attached hydrogens (tertiary/aromatic N) is 1. The number of anilines is 2. The van der Waals surface area contributed by atoms with Crippen molar-refractivity contribution in [3.8, 4) is 0 Å². The fourth-order valence-electron chi connectivity index (χ4n) is 2.68. The largest absolute Gasteiger partial charge is 0.452 e. The molecule has 2 aromatic carbocycles. The van der Waals surface area contributed by atoms with Crippen LogP contribution >= 0.6 is 11.8 Å². The Hall–Kier alpha value is -3.13. The standard InChI is InChI=1S/C20H18N2O5S/c1-13(23)12-28-17-9-5-2-6-14(17)20(26)27-11-19(25)22-10-18(24)21-15-7-3-4-8-16(15)22/h2-9H,10-12H2,1H3,(H,21,24). The fraction of sp³-hybridized carbons (Fsp3) is 0.200. The summed E-state index contributed by atoms with van der Waals surface area (Å²) in [5, 5.41) is 2.70. The van der Waals surface area contributed by atoms with Gasteiger partial charge in [-0.3, -0.25) is 19.3 Å². The van der Waals surface area contributed by atoms with Crippen LogP contribution in [0.15, 0.2) is 53.4 Å². The minimum absolute atomic E-state index is 0.00890. The molecule has 0 bridgehead atoms. The van der Waals surface area contributed by atoms with E-state index in [-0.39, 0.29) is 24.0 Å². The van der Waals surface area contributed by atoms with Crippen molar-refractivity contribution in [1.82, 2.24) is 0 Å². The number of carbonyl (C=O) groups excluding carboxylic acids is 4. The van der Waals surface area contributed by atoms with Gasteiger partial charge in [0.25, 0.3) is 5.91 Å². The smallest absolute Gasteiger partial charge is 0.339 e. The first kappa shape index (κ1) is 19.6. The number of ketones is 1. The molecule has 1 heterocycles. The highest BCUT2D eigenvalue weighted by Crippen LogP contribution is 2.29. The Labute approximate surface area is 166 Å². The van der Waals surface area contributed by atoms with Gasteiger partial charge >= 0.3 is 5.97 Å². The molecule has 1 N–H and O–H groups in total. The Morgan fingerprint density at radius 2 is 1.82 bits per heavy atom. The first-order chi connectivity index (χ1) is 13.5. The molecule has 0 unspecified atom stereocenters. The third-order valence-electron chi connectivity index (χ3n) is 3.94. The van der Waals surface area contributed by atoms with Crippen LogP contribution in [0.4, 0.5) is 11.4 Å². The van der Waals surface area contributed by atoms with Crippen LogP contribution in [0, 0.1) is 0 Å². The highest BCUT2D eigenvalue weighted by atomic mass is 32.2. The van der Waals surface area contributed by atoms with Crippen LogP contribution in [0.2, 0.25) is 0 Å². The maximum absolute atomic E-state index is 12.6. The van der Waals surface area contributed by atoms with Gasteiger partial charge in [0.2, 0.25) is 5.91 Å². The summed E-state index contributed by atoms with van der Waals surface area (Å²) in [6, 6.07) is 13.7. The molecule has 0 saturated carbocycles. The van der Waals surface area contributed by atoms with E-state index in [1.165, 1.54) is 23.6 Å². The molecule has 0 atom stereocenters. The Kier molecular flexibility index (Phi) is 6.10. The summed E-state index contributed by atoms with van der Waals surface area (Å²) < 4.78 is 5.18. The molecule has 8 heteroatoms. The number of nitrogens with one attached hydrogen (secondary N) is 1. The summed E-state index contributed by atoms with van der Waals surface area (Å²) in [6.07, 6.45) is 0. The predicted octanol–water partition coefficient (Wildman–Crippen LogP) is 2.51. The van der Waals surface area contributed by atoms with Crippen molar-refractivity contribution < 1.29 is 23.9 Å². The second-order valence-electron chi connectivity index (χ2n) is 6.11. The van der Waals surface area contributed by atoms with Crippen molar-refractivity contribution in [3.05, 3.63) is 54.1 Å². The van der Waals surface area contributed by atoms with E-state index in [4.69, 9.17) is 4.74 Å². The van der Waals surface area contributed by atoms with E-state index in [9.17, 15) is 19.2 Å². The normalized spacial score (nSPS) is 12.8. The van der Waals surface area contributed by atoms with Gasteiger partial charge in [-0.1, -0.05) is 24.3 Å². The van der Waals surface area contributed by atoms with Crippen molar-refractivity contribution in [3.63, 3.8) is 0 Å². The Morgan fingerprint density at radius 3 is 2.61 bits per heavy atom. The third kappa shape index (κ3) is 4.58. The second kappa shape index (κ2) is 8.71. The van der Waals surface area contributed by atoms with E-state index < -0.39 is 18.5 Å². The highest BCUT2D eigenvalue weighted by Gasteiger charge is 2.27. The number of rotatable bonds is 6. The molecule has 0 radical (unpaired) electrons. The average molecular weight is 398 g/mol. The molecule has 144 valence electrons. The summed E-state index contributed by atoms with van der Waals surface area (Å²) in [7, 11) is 0. The number of carbonyl (C=O) groups is 4. The molecular weight excluding hydrogens is 380 g/mol. The number of amides is 2. The Balaban J connectivity index is 1.68. The van der Waals surface area contributed by atoms with Crippen LogP contribution in [0.3, 0.4) is 0 Å². The molecule has 3 rings (SSSR count). The van der Waals surface area contributed by atoms with Crippen LogP contribution < -0.4 is 10.2 Å². The van der Waals surface area contributed by atoms with Crippen molar-refractivity contribution in [2.24, 2.45) is 0 Å². The first-order valence-electron chi connectivity index (χ1n) is 8.53. The zero-order valence-corrected chi connectivity index (χ0v) is 16.0. The van der Waals surface area contributed by atoms with E-state index in [1.807, 2.05) is 0 Å². The van der Waals surface area contributed by atoms with Gasteiger partial charge in [0.15, 0.2) is 6.61 Å². The number of fused-ring (bicyclic) bond motifs is 1. The van der Waals surface area contributed by atoms with E-state index in [2.05, 4.69) is 5.32 Å². The molecule has 0 fully saturated rings. The van der Waals surface area contributed by atoms with Crippen molar-refractivity contribution in [1.29, 1.82) is 0 Å². The molecule has 0 saturated heterocycles. The quantitative estimate of drug-likeness (QED) is 0.594. The summed E-state index contributed by atoms with van der Waals surface area (Å²) in [5.74, 6) is -1.24. The zero-order valence-electron chi connectivity index (χ0n) is 15.1. The molecule has 28 heavy (non-hydrogen) atoms. The van der Waals surface area contributed by atoms with Gasteiger partial charge in [0, 0.05) is 4.90 Å². The Bertz CT molecular complexity index is 944. The average Bonchev–Trinajstić information content (AvgIpc) is 2.69. The summed E-state index contributed by atoms with van der Waals surface area (Å²) >= 11 is 1.24. The SMILES string of the molecule is CC(=O)CSc1ccccc1C(=O)OCC(=O)N1CC(=O)Nc2ccccc21. The molecule has 1 aliphatic heterocycles. The lowest BCUT2D eigenvalue weighted by Gasteiger charge is -2.28. The van der Waals surface area contributed by atoms with Crippen molar-refractivity contribution in [2.75, 3.05) is 29.1 Å². The number of esters is 1. The van der Waals surface area contributed by atoms with Gasteiger partial charge in [-0.2, -0.15) is 0 Å². The number of hydrogen-bond donors (Lipinski definition) is 1. The second-order valence-corrected chi connectivity index (χ2v) is 7.13. The molecule has 0 aromatic heterocycles. The van der Waals surface area contributed by atoms with Crippen molar-refractivity contribution >= 4 is 46.7 Å². The number of para-hydroxylation sites is 2. The van der Waals surface area contributed by atoms with Gasteiger partial charge in [0.1, 0.15) is 12.3 Å². The first-order valence-corrected chi connectivity index (χ1v) is 9.52. The minimum atomic E-state index is -0.658. The van der Waals surface area contributed by atoms with Crippen LogP contribution in [-0.4, -0.2) is 42.5 Å².